The molecule has 158 valence electrons. The van der Waals surface area contributed by atoms with Gasteiger partial charge in [-0.2, -0.15) is 4.98 Å². The van der Waals surface area contributed by atoms with E-state index < -0.39 is 11.2 Å². The number of benzene rings is 1. The number of carbonyl (C=O) groups is 1. The van der Waals surface area contributed by atoms with Crippen LogP contribution in [0.25, 0.3) is 11.2 Å². The molecule has 3 aromatic rings. The number of aromatic amines is 1. The number of imidazole rings is 1. The molecule has 0 spiro atoms. The first-order chi connectivity index (χ1) is 14.3. The van der Waals surface area contributed by atoms with Crippen LogP contribution in [0.1, 0.15) is 5.56 Å². The first kappa shape index (κ1) is 19.8. The van der Waals surface area contributed by atoms with Crippen LogP contribution in [0.3, 0.4) is 0 Å². The van der Waals surface area contributed by atoms with Gasteiger partial charge in [-0.1, -0.05) is 12.1 Å². The fourth-order valence-corrected chi connectivity index (χ4v) is 3.71. The lowest BCUT2D eigenvalue weighted by atomic mass is 10.2. The molecule has 30 heavy (non-hydrogen) atoms. The summed E-state index contributed by atoms with van der Waals surface area (Å²) in [6.45, 7) is 2.84. The minimum absolute atomic E-state index is 0.188. The highest BCUT2D eigenvalue weighted by Gasteiger charge is 2.25. The van der Waals surface area contributed by atoms with Gasteiger partial charge in [0.15, 0.2) is 11.2 Å². The zero-order chi connectivity index (χ0) is 21.4. The zero-order valence-electron chi connectivity index (χ0n) is 16.5. The number of anilines is 1. The Morgan fingerprint density at radius 1 is 1.17 bits per heavy atom. The Morgan fingerprint density at radius 3 is 2.47 bits per heavy atom. The van der Waals surface area contributed by atoms with Crippen molar-refractivity contribution in [1.29, 1.82) is 0 Å². The molecule has 1 amide bonds. The molecule has 11 heteroatoms. The fraction of sp³-hybridized carbons (Fsp3) is 0.368. The van der Waals surface area contributed by atoms with Crippen molar-refractivity contribution in [2.45, 2.75) is 6.54 Å². The number of carbonyl (C=O) groups excluding carboxylic acids is 1. The number of piperazine rings is 1. The maximum absolute atomic E-state index is 13.3. The van der Waals surface area contributed by atoms with Crippen LogP contribution in [0.5, 0.6) is 0 Å². The number of primary amides is 1. The Morgan fingerprint density at radius 2 is 1.83 bits per heavy atom. The minimum atomic E-state index is -0.545. The third-order valence-electron chi connectivity index (χ3n) is 5.28. The second-order valence-electron chi connectivity index (χ2n) is 7.34. The molecule has 0 unspecified atom stereocenters. The summed E-state index contributed by atoms with van der Waals surface area (Å²) in [6.07, 6.45) is 0. The van der Waals surface area contributed by atoms with Gasteiger partial charge in [-0.3, -0.25) is 28.6 Å². The summed E-state index contributed by atoms with van der Waals surface area (Å²) in [5.41, 5.74) is 5.55. The zero-order valence-corrected chi connectivity index (χ0v) is 16.5. The average Bonchev–Trinajstić information content (AvgIpc) is 3.08. The van der Waals surface area contributed by atoms with Crippen LogP contribution in [-0.4, -0.2) is 62.6 Å². The highest BCUT2D eigenvalue weighted by atomic mass is 19.1. The molecule has 1 aromatic carbocycles. The number of H-pyrrole nitrogens is 1. The molecule has 0 aliphatic carbocycles. The Bertz CT molecular complexity index is 1200. The molecule has 1 aliphatic rings. The lowest BCUT2D eigenvalue weighted by Crippen LogP contribution is -2.49. The first-order valence-electron chi connectivity index (χ1n) is 9.53. The number of nitrogens with one attached hydrogen (secondary N) is 1. The van der Waals surface area contributed by atoms with Gasteiger partial charge >= 0.3 is 5.69 Å². The number of aromatic nitrogens is 4. The Balaban J connectivity index is 1.76. The number of hydrogen-bond acceptors (Lipinski definition) is 6. The lowest BCUT2D eigenvalue weighted by Gasteiger charge is -2.34. The van der Waals surface area contributed by atoms with Crippen molar-refractivity contribution < 1.29 is 9.18 Å². The van der Waals surface area contributed by atoms with Crippen molar-refractivity contribution >= 4 is 23.0 Å². The maximum Gasteiger partial charge on any atom is 0.329 e. The quantitative estimate of drug-likeness (QED) is 0.564. The third kappa shape index (κ3) is 3.71. The van der Waals surface area contributed by atoms with Gasteiger partial charge in [0.25, 0.3) is 5.56 Å². The Labute approximate surface area is 170 Å². The number of nitrogens with two attached hydrogens (primary N) is 1. The van der Waals surface area contributed by atoms with Gasteiger partial charge in [0.2, 0.25) is 11.9 Å². The molecule has 3 heterocycles. The largest absolute Gasteiger partial charge is 0.369 e. The predicted octanol–water partition coefficient (Wildman–Crippen LogP) is -0.782. The summed E-state index contributed by atoms with van der Waals surface area (Å²) in [5.74, 6) is -0.187. The summed E-state index contributed by atoms with van der Waals surface area (Å²) in [5, 5.41) is 0. The van der Waals surface area contributed by atoms with E-state index in [0.717, 1.165) is 5.56 Å². The number of nitrogens with zero attached hydrogens (tertiary/aromatic N) is 5. The van der Waals surface area contributed by atoms with Crippen LogP contribution in [0.15, 0.2) is 33.9 Å². The number of hydrogen-bond donors (Lipinski definition) is 2. The smallest absolute Gasteiger partial charge is 0.329 e. The van der Waals surface area contributed by atoms with Crippen molar-refractivity contribution in [3.05, 3.63) is 56.5 Å². The third-order valence-corrected chi connectivity index (χ3v) is 5.28. The van der Waals surface area contributed by atoms with Gasteiger partial charge in [0.1, 0.15) is 5.82 Å². The molecule has 4 rings (SSSR count). The molecule has 0 bridgehead atoms. The molecule has 3 N–H and O–H groups in total. The van der Waals surface area contributed by atoms with Crippen molar-refractivity contribution in [3.63, 3.8) is 0 Å². The summed E-state index contributed by atoms with van der Waals surface area (Å²) in [6, 6.07) is 6.01. The monoisotopic (exact) mass is 415 g/mol. The van der Waals surface area contributed by atoms with E-state index in [-0.39, 0.29) is 36.0 Å². The highest BCUT2D eigenvalue weighted by molar-refractivity contribution is 5.76. The summed E-state index contributed by atoms with van der Waals surface area (Å²) in [4.78, 5) is 46.7. The summed E-state index contributed by atoms with van der Waals surface area (Å²) >= 11 is 0. The second-order valence-corrected chi connectivity index (χ2v) is 7.34. The Kier molecular flexibility index (Phi) is 5.12. The van der Waals surface area contributed by atoms with Crippen LogP contribution in [-0.2, 0) is 18.4 Å². The van der Waals surface area contributed by atoms with Gasteiger partial charge in [-0.05, 0) is 17.7 Å². The van der Waals surface area contributed by atoms with E-state index in [0.29, 0.717) is 32.1 Å². The van der Waals surface area contributed by atoms with Crippen molar-refractivity contribution in [3.8, 4) is 0 Å². The van der Waals surface area contributed by atoms with E-state index in [4.69, 9.17) is 5.73 Å². The predicted molar refractivity (Wildman–Crippen MR) is 109 cm³/mol. The molecular formula is C19H22FN7O3. The molecule has 0 saturated carbocycles. The van der Waals surface area contributed by atoms with Gasteiger partial charge in [0, 0.05) is 33.2 Å². The fourth-order valence-electron chi connectivity index (χ4n) is 3.71. The number of fused-ring (bicyclic) bond motifs is 1. The standard InChI is InChI=1S/C19H22FN7O3/c1-24-16-15(17(29)23-19(24)30)27(10-12-2-4-13(20)5-3-12)18(22-16)26-8-6-25(7-9-26)11-14(21)28/h2-5H,6-11H2,1H3,(H2,21,28)(H,23,29,30). The van der Waals surface area contributed by atoms with Crippen LogP contribution in [0.2, 0.25) is 0 Å². The molecule has 2 aromatic heterocycles. The van der Waals surface area contributed by atoms with Gasteiger partial charge < -0.3 is 10.6 Å². The van der Waals surface area contributed by atoms with Gasteiger partial charge in [0.05, 0.1) is 13.1 Å². The molecular weight excluding hydrogens is 393 g/mol. The van der Waals surface area contributed by atoms with Crippen LogP contribution in [0, 0.1) is 5.82 Å². The van der Waals surface area contributed by atoms with E-state index in [1.807, 2.05) is 9.80 Å². The topological polar surface area (TPSA) is 122 Å². The second kappa shape index (κ2) is 7.75. The van der Waals surface area contributed by atoms with Crippen LogP contribution < -0.4 is 21.9 Å². The molecule has 0 radical (unpaired) electrons. The number of amides is 1. The summed E-state index contributed by atoms with van der Waals surface area (Å²) < 4.78 is 16.4. The molecule has 0 atom stereocenters. The minimum Gasteiger partial charge on any atom is -0.369 e. The number of aryl methyl sites for hydroxylation is 1. The van der Waals surface area contributed by atoms with Crippen molar-refractivity contribution in [2.75, 3.05) is 37.6 Å². The molecule has 1 fully saturated rings. The van der Waals surface area contributed by atoms with Crippen molar-refractivity contribution in [1.82, 2.24) is 24.0 Å². The highest BCUT2D eigenvalue weighted by Crippen LogP contribution is 2.22. The maximum atomic E-state index is 13.3. The van der Waals surface area contributed by atoms with Crippen molar-refractivity contribution in [2.24, 2.45) is 12.8 Å². The van der Waals surface area contributed by atoms with E-state index in [2.05, 4.69) is 9.97 Å². The lowest BCUT2D eigenvalue weighted by molar-refractivity contribution is -0.119. The van der Waals surface area contributed by atoms with E-state index in [9.17, 15) is 18.8 Å². The van der Waals surface area contributed by atoms with Gasteiger partial charge in [-0.15, -0.1) is 0 Å². The molecule has 1 aliphatic heterocycles. The first-order valence-corrected chi connectivity index (χ1v) is 9.53. The Hall–Kier alpha value is -3.47. The normalized spacial score (nSPS) is 15.1. The molecule has 1 saturated heterocycles. The molecule has 10 nitrogen and oxygen atoms in total. The number of rotatable bonds is 5. The van der Waals surface area contributed by atoms with Crippen LogP contribution in [0.4, 0.5) is 10.3 Å². The average molecular weight is 415 g/mol. The van der Waals surface area contributed by atoms with Crippen LogP contribution >= 0.6 is 0 Å². The summed E-state index contributed by atoms with van der Waals surface area (Å²) in [7, 11) is 1.55. The SMILES string of the molecule is Cn1c(=O)[nH]c(=O)c2c1nc(N1CCN(CC(N)=O)CC1)n2Cc1ccc(F)cc1. The van der Waals surface area contributed by atoms with Gasteiger partial charge in [-0.25, -0.2) is 9.18 Å². The number of halogens is 1. The van der Waals surface area contributed by atoms with E-state index in [1.54, 1.807) is 23.7 Å². The van der Waals surface area contributed by atoms with E-state index >= 15 is 0 Å². The van der Waals surface area contributed by atoms with E-state index in [1.165, 1.54) is 16.7 Å².